The van der Waals surface area contributed by atoms with Gasteiger partial charge in [0.2, 0.25) is 0 Å². The van der Waals surface area contributed by atoms with Crippen LogP contribution in [-0.4, -0.2) is 117 Å². The second kappa shape index (κ2) is 20.4. The second-order valence-corrected chi connectivity index (χ2v) is 18.3. The highest BCUT2D eigenvalue weighted by Gasteiger charge is 2.29. The summed E-state index contributed by atoms with van der Waals surface area (Å²) in [5.74, 6) is -0.638. The third-order valence-corrected chi connectivity index (χ3v) is 10.8. The number of nitrogens with one attached hydrogen (secondary N) is 2. The summed E-state index contributed by atoms with van der Waals surface area (Å²) >= 11 is 3.27. The molecule has 2 N–H and O–H groups in total. The van der Waals surface area contributed by atoms with E-state index in [4.69, 9.17) is 13.9 Å². The number of halogens is 1. The van der Waals surface area contributed by atoms with E-state index >= 15 is 0 Å². The van der Waals surface area contributed by atoms with Crippen molar-refractivity contribution in [2.24, 2.45) is 0 Å². The van der Waals surface area contributed by atoms with E-state index in [0.717, 1.165) is 27.9 Å². The molecule has 17 nitrogen and oxygen atoms in total. The number of amides is 4. The molecule has 8 rings (SSSR count). The van der Waals surface area contributed by atoms with Crippen molar-refractivity contribution in [1.29, 1.82) is 0 Å². The van der Waals surface area contributed by atoms with E-state index < -0.39 is 11.2 Å². The minimum Gasteiger partial charge on any atom is -0.464 e. The van der Waals surface area contributed by atoms with Crippen LogP contribution < -0.4 is 20.4 Å². The number of benzene rings is 1. The summed E-state index contributed by atoms with van der Waals surface area (Å²) in [6, 6.07) is 22.0. The Kier molecular flexibility index (Phi) is 14.5. The van der Waals surface area contributed by atoms with Crippen LogP contribution in [0.4, 0.5) is 32.3 Å². The van der Waals surface area contributed by atoms with E-state index in [1.54, 1.807) is 65.1 Å². The van der Waals surface area contributed by atoms with Crippen molar-refractivity contribution in [2.45, 2.75) is 52.7 Å². The number of fused-ring (bicyclic) bond motifs is 1. The number of rotatable bonds is 7. The molecular weight excluding hydrogens is 908 g/mol. The van der Waals surface area contributed by atoms with E-state index in [9.17, 15) is 19.2 Å². The molecule has 2 aliphatic rings. The molecule has 2 saturated heterocycles. The van der Waals surface area contributed by atoms with Crippen molar-refractivity contribution in [3.63, 3.8) is 0 Å². The molecule has 7 heterocycles. The number of carbonyl (C=O) groups excluding carboxylic acids is 4. The Morgan fingerprint density at radius 3 is 1.62 bits per heavy atom. The zero-order valence-corrected chi connectivity index (χ0v) is 39.4. The SMILES string of the molecule is CC(C)(C)OC(=O)N1CCN(c2ccncc2NC(=O)c2cccc(-c3ccc4occc4c3)n2)CC1.CC(C)(C)OC(=O)N1CCN(c2ccncc2NC(=O)c2cccc(Br)n2)CC1. The molecule has 0 spiro atoms. The van der Waals surface area contributed by atoms with E-state index in [2.05, 4.69) is 56.3 Å². The second-order valence-electron chi connectivity index (χ2n) is 17.5. The largest absolute Gasteiger partial charge is 0.464 e. The number of pyridine rings is 4. The highest BCUT2D eigenvalue weighted by Crippen LogP contribution is 2.29. The number of hydrogen-bond acceptors (Lipinski definition) is 13. The lowest BCUT2D eigenvalue weighted by molar-refractivity contribution is 0.0230. The molecule has 0 unspecified atom stereocenters. The molecule has 2 aliphatic heterocycles. The van der Waals surface area contributed by atoms with Gasteiger partial charge in [-0.3, -0.25) is 19.6 Å². The first-order valence-electron chi connectivity index (χ1n) is 21.5. The lowest BCUT2D eigenvalue weighted by atomic mass is 10.1. The van der Waals surface area contributed by atoms with Crippen molar-refractivity contribution in [1.82, 2.24) is 29.7 Å². The first kappa shape index (κ1) is 46.9. The van der Waals surface area contributed by atoms with E-state index in [1.807, 2.05) is 90.1 Å². The average molecular weight is 962 g/mol. The van der Waals surface area contributed by atoms with Gasteiger partial charge in [0.25, 0.3) is 11.8 Å². The average Bonchev–Trinajstić information content (AvgIpc) is 3.77. The molecule has 0 aliphatic carbocycles. The summed E-state index contributed by atoms with van der Waals surface area (Å²) in [5.41, 5.74) is 4.84. The predicted molar refractivity (Wildman–Crippen MR) is 256 cm³/mol. The van der Waals surface area contributed by atoms with Gasteiger partial charge in [-0.15, -0.1) is 0 Å². The maximum absolute atomic E-state index is 13.2. The number of aromatic nitrogens is 4. The molecule has 344 valence electrons. The molecule has 0 atom stereocenters. The Labute approximate surface area is 391 Å². The molecule has 0 radical (unpaired) electrons. The van der Waals surface area contributed by atoms with Crippen molar-refractivity contribution in [2.75, 3.05) is 72.8 Å². The number of carbonyl (C=O) groups is 4. The monoisotopic (exact) mass is 960 g/mol. The van der Waals surface area contributed by atoms with Crippen molar-refractivity contribution < 1.29 is 33.1 Å². The van der Waals surface area contributed by atoms with Crippen molar-refractivity contribution >= 4 is 73.6 Å². The number of furan rings is 1. The molecule has 2 fully saturated rings. The Hall–Kier alpha value is -7.08. The van der Waals surface area contributed by atoms with Crippen LogP contribution in [-0.2, 0) is 9.47 Å². The van der Waals surface area contributed by atoms with Crippen LogP contribution in [0.2, 0.25) is 0 Å². The van der Waals surface area contributed by atoms with Gasteiger partial charge in [-0.1, -0.05) is 12.1 Å². The molecule has 1 aromatic carbocycles. The van der Waals surface area contributed by atoms with Crippen molar-refractivity contribution in [3.8, 4) is 11.3 Å². The maximum atomic E-state index is 13.2. The number of piperazine rings is 2. The molecule has 0 saturated carbocycles. The number of anilines is 4. The minimum atomic E-state index is -0.534. The Morgan fingerprint density at radius 1 is 0.621 bits per heavy atom. The highest BCUT2D eigenvalue weighted by atomic mass is 79.9. The van der Waals surface area contributed by atoms with Crippen LogP contribution in [0.1, 0.15) is 62.5 Å². The van der Waals surface area contributed by atoms with E-state index in [1.165, 1.54) is 0 Å². The number of ether oxygens (including phenoxy) is 2. The molecule has 66 heavy (non-hydrogen) atoms. The Balaban J connectivity index is 0.000000203. The Morgan fingerprint density at radius 2 is 1.12 bits per heavy atom. The molecule has 0 bridgehead atoms. The van der Waals surface area contributed by atoms with Gasteiger partial charge in [0.05, 0.1) is 47.1 Å². The minimum absolute atomic E-state index is 0.300. The van der Waals surface area contributed by atoms with Gasteiger partial charge >= 0.3 is 12.2 Å². The fourth-order valence-corrected chi connectivity index (χ4v) is 7.53. The highest BCUT2D eigenvalue weighted by molar-refractivity contribution is 9.10. The van der Waals surface area contributed by atoms with Crippen LogP contribution in [0.5, 0.6) is 0 Å². The summed E-state index contributed by atoms with van der Waals surface area (Å²) in [6.45, 7) is 15.7. The molecular formula is C48H53BrN10O7. The summed E-state index contributed by atoms with van der Waals surface area (Å²) < 4.78 is 16.9. The zero-order valence-electron chi connectivity index (χ0n) is 37.8. The lowest BCUT2D eigenvalue weighted by Gasteiger charge is -2.37. The lowest BCUT2D eigenvalue weighted by Crippen LogP contribution is -2.50. The first-order chi connectivity index (χ1) is 31.5. The topological polar surface area (TPSA) is 188 Å². The smallest absolute Gasteiger partial charge is 0.410 e. The van der Waals surface area contributed by atoms with Crippen LogP contribution in [0, 0.1) is 0 Å². The molecule has 4 amide bonds. The number of hydrogen-bond donors (Lipinski definition) is 2. The molecule has 5 aromatic heterocycles. The van der Waals surface area contributed by atoms with Gasteiger partial charge in [0, 0.05) is 75.7 Å². The summed E-state index contributed by atoms with van der Waals surface area (Å²) in [4.78, 5) is 75.2. The maximum Gasteiger partial charge on any atom is 0.410 e. The summed E-state index contributed by atoms with van der Waals surface area (Å²) in [5, 5.41) is 6.83. The van der Waals surface area contributed by atoms with E-state index in [0.29, 0.717) is 85.4 Å². The van der Waals surface area contributed by atoms with Crippen LogP contribution in [0.3, 0.4) is 0 Å². The fraction of sp³-hybridized carbons (Fsp3) is 0.333. The van der Waals surface area contributed by atoms with Gasteiger partial charge in [0.15, 0.2) is 0 Å². The molecule has 6 aromatic rings. The first-order valence-corrected chi connectivity index (χ1v) is 22.3. The third kappa shape index (κ3) is 12.4. The zero-order chi connectivity index (χ0) is 47.0. The quantitative estimate of drug-likeness (QED) is 0.145. The normalized spacial score (nSPS) is 14.2. The fourth-order valence-electron chi connectivity index (χ4n) is 7.19. The molecule has 18 heteroatoms. The van der Waals surface area contributed by atoms with Gasteiger partial charge < -0.3 is 44.1 Å². The van der Waals surface area contributed by atoms with Gasteiger partial charge in [-0.05, 0) is 118 Å². The summed E-state index contributed by atoms with van der Waals surface area (Å²) in [6.07, 6.45) is 7.65. The van der Waals surface area contributed by atoms with Crippen LogP contribution in [0.15, 0.2) is 113 Å². The van der Waals surface area contributed by atoms with Gasteiger partial charge in [-0.2, -0.15) is 0 Å². The van der Waals surface area contributed by atoms with Gasteiger partial charge in [-0.25, -0.2) is 19.6 Å². The standard InChI is InChI=1S/C28H29N5O4.C20H24BrN5O3/c1-28(2,3)37-27(35)33-14-12-32(13-15-33)24-9-11-29-18-23(24)31-26(34)22-6-4-5-21(30-22)19-7-8-25-20(17-19)10-16-36-25;1-20(2,3)29-19(28)26-11-9-25(10-12-26)16-7-8-22-13-15(16)24-18(27)14-5-4-6-17(21)23-14/h4-11,16-18H,12-15H2,1-3H3,(H,31,34);4-8,13H,9-12H2,1-3H3,(H,24,27). The van der Waals surface area contributed by atoms with Crippen molar-refractivity contribution in [3.05, 3.63) is 120 Å². The Bertz CT molecular complexity index is 2680. The summed E-state index contributed by atoms with van der Waals surface area (Å²) in [7, 11) is 0. The number of nitrogens with zero attached hydrogens (tertiary/aromatic N) is 8. The van der Waals surface area contributed by atoms with Crippen LogP contribution >= 0.6 is 15.9 Å². The van der Waals surface area contributed by atoms with Gasteiger partial charge in [0.1, 0.15) is 32.8 Å². The third-order valence-electron chi connectivity index (χ3n) is 10.3. The van der Waals surface area contributed by atoms with Crippen LogP contribution in [0.25, 0.3) is 22.2 Å². The van der Waals surface area contributed by atoms with E-state index in [-0.39, 0.29) is 24.0 Å². The predicted octanol–water partition coefficient (Wildman–Crippen LogP) is 8.75.